The van der Waals surface area contributed by atoms with Gasteiger partial charge in [-0.3, -0.25) is 4.79 Å². The summed E-state index contributed by atoms with van der Waals surface area (Å²) in [4.78, 5) is 31.4. The van der Waals surface area contributed by atoms with Crippen molar-refractivity contribution >= 4 is 35.1 Å². The fourth-order valence-corrected chi connectivity index (χ4v) is 5.16. The van der Waals surface area contributed by atoms with Gasteiger partial charge in [0.2, 0.25) is 5.91 Å². The van der Waals surface area contributed by atoms with E-state index in [1.807, 2.05) is 45.0 Å². The average molecular weight is 454 g/mol. The Labute approximate surface area is 194 Å². The number of para-hydroxylation sites is 2. The lowest BCUT2D eigenvalue weighted by Gasteiger charge is -2.34. The van der Waals surface area contributed by atoms with E-state index in [1.54, 1.807) is 16.7 Å². The second-order valence-electron chi connectivity index (χ2n) is 9.25. The van der Waals surface area contributed by atoms with Crippen LogP contribution >= 0.6 is 11.8 Å². The number of rotatable bonds is 4. The number of anilines is 2. The summed E-state index contributed by atoms with van der Waals surface area (Å²) in [5, 5.41) is 3.16. The van der Waals surface area contributed by atoms with Gasteiger partial charge in [-0.05, 0) is 57.9 Å². The summed E-state index contributed by atoms with van der Waals surface area (Å²) in [7, 11) is 0. The van der Waals surface area contributed by atoms with Crippen LogP contribution in [0.4, 0.5) is 16.2 Å². The van der Waals surface area contributed by atoms with Gasteiger partial charge in [-0.1, -0.05) is 36.0 Å². The van der Waals surface area contributed by atoms with Crippen molar-refractivity contribution in [3.8, 4) is 0 Å². The number of carbonyl (C=O) groups is 2. The summed E-state index contributed by atoms with van der Waals surface area (Å²) in [6, 6.07) is 16.8. The Kier molecular flexibility index (Phi) is 6.65. The van der Waals surface area contributed by atoms with Crippen molar-refractivity contribution in [3.05, 3.63) is 48.5 Å². The second kappa shape index (κ2) is 9.45. The number of nitrogens with one attached hydrogen (secondary N) is 1. The number of benzene rings is 2. The highest BCUT2D eigenvalue weighted by molar-refractivity contribution is 7.99. The van der Waals surface area contributed by atoms with Gasteiger partial charge in [0.25, 0.3) is 0 Å². The minimum Gasteiger partial charge on any atom is -0.444 e. The Bertz CT molecular complexity index is 935. The Morgan fingerprint density at radius 1 is 1.00 bits per heavy atom. The van der Waals surface area contributed by atoms with Crippen molar-refractivity contribution in [3.63, 3.8) is 0 Å². The molecule has 1 saturated heterocycles. The van der Waals surface area contributed by atoms with Gasteiger partial charge >= 0.3 is 6.09 Å². The van der Waals surface area contributed by atoms with E-state index in [9.17, 15) is 9.59 Å². The normalized spacial score (nSPS) is 16.2. The van der Waals surface area contributed by atoms with Crippen LogP contribution in [0.5, 0.6) is 0 Å². The maximum atomic E-state index is 12.7. The highest BCUT2D eigenvalue weighted by atomic mass is 32.2. The van der Waals surface area contributed by atoms with Crippen molar-refractivity contribution in [2.45, 2.75) is 61.5 Å². The van der Waals surface area contributed by atoms with E-state index in [2.05, 4.69) is 34.5 Å². The molecule has 0 atom stereocenters. The van der Waals surface area contributed by atoms with E-state index in [0.29, 0.717) is 26.1 Å². The zero-order valence-corrected chi connectivity index (χ0v) is 19.8. The third-order valence-corrected chi connectivity index (χ3v) is 6.74. The molecule has 0 saturated carbocycles. The van der Waals surface area contributed by atoms with Crippen LogP contribution in [0.1, 0.15) is 40.0 Å². The van der Waals surface area contributed by atoms with Crippen molar-refractivity contribution in [1.82, 2.24) is 10.2 Å². The first-order valence-electron chi connectivity index (χ1n) is 11.2. The van der Waals surface area contributed by atoms with Crippen molar-refractivity contribution < 1.29 is 14.3 Å². The van der Waals surface area contributed by atoms with Gasteiger partial charge in [-0.25, -0.2) is 4.79 Å². The van der Waals surface area contributed by atoms with Gasteiger partial charge in [0.05, 0.1) is 11.4 Å². The molecule has 2 aromatic carbocycles. The number of hydrogen-bond acceptors (Lipinski definition) is 5. The van der Waals surface area contributed by atoms with E-state index in [0.717, 1.165) is 24.2 Å². The van der Waals surface area contributed by atoms with Gasteiger partial charge in [0, 0.05) is 41.9 Å². The maximum absolute atomic E-state index is 12.7. The Hall–Kier alpha value is -2.67. The summed E-state index contributed by atoms with van der Waals surface area (Å²) < 4.78 is 5.45. The number of ether oxygens (including phenoxy) is 1. The van der Waals surface area contributed by atoms with E-state index in [-0.39, 0.29) is 18.0 Å². The van der Waals surface area contributed by atoms with Crippen LogP contribution in [0.25, 0.3) is 0 Å². The molecule has 7 heteroatoms. The van der Waals surface area contributed by atoms with Gasteiger partial charge in [-0.15, -0.1) is 0 Å². The van der Waals surface area contributed by atoms with Crippen molar-refractivity contribution in [1.29, 1.82) is 0 Å². The van der Waals surface area contributed by atoms with Crippen molar-refractivity contribution in [2.75, 3.05) is 24.5 Å². The molecule has 2 aliphatic heterocycles. The van der Waals surface area contributed by atoms with Gasteiger partial charge < -0.3 is 19.9 Å². The average Bonchev–Trinajstić information content (AvgIpc) is 2.76. The molecule has 2 heterocycles. The smallest absolute Gasteiger partial charge is 0.410 e. The van der Waals surface area contributed by atoms with Crippen molar-refractivity contribution in [2.24, 2.45) is 0 Å². The van der Waals surface area contributed by atoms with Crippen LogP contribution in [0.2, 0.25) is 0 Å². The van der Waals surface area contributed by atoms with E-state index >= 15 is 0 Å². The highest BCUT2D eigenvalue weighted by Crippen LogP contribution is 2.47. The number of carbonyl (C=O) groups excluding carboxylic acids is 2. The monoisotopic (exact) mass is 453 g/mol. The van der Waals surface area contributed by atoms with Crippen LogP contribution in [-0.4, -0.2) is 48.2 Å². The molecule has 1 N–H and O–H groups in total. The molecule has 1 fully saturated rings. The number of piperidine rings is 1. The molecule has 0 unspecified atom stereocenters. The molecule has 6 nitrogen and oxygen atoms in total. The molecule has 2 aliphatic rings. The Morgan fingerprint density at radius 3 is 2.12 bits per heavy atom. The predicted molar refractivity (Wildman–Crippen MR) is 128 cm³/mol. The summed E-state index contributed by atoms with van der Waals surface area (Å²) in [6.07, 6.45) is 1.63. The topological polar surface area (TPSA) is 61.9 Å². The zero-order valence-electron chi connectivity index (χ0n) is 19.0. The molecule has 2 aromatic rings. The van der Waals surface area contributed by atoms with Crippen LogP contribution in [0.3, 0.4) is 0 Å². The maximum Gasteiger partial charge on any atom is 0.410 e. The molecule has 2 amide bonds. The number of fused-ring (bicyclic) bond motifs is 2. The Morgan fingerprint density at radius 2 is 1.56 bits per heavy atom. The summed E-state index contributed by atoms with van der Waals surface area (Å²) >= 11 is 1.77. The number of hydrogen-bond donors (Lipinski definition) is 1. The Balaban J connectivity index is 1.31. The second-order valence-corrected chi connectivity index (χ2v) is 10.3. The van der Waals surface area contributed by atoms with Gasteiger partial charge in [-0.2, -0.15) is 0 Å². The fraction of sp³-hybridized carbons (Fsp3) is 0.440. The minimum atomic E-state index is -0.494. The zero-order chi connectivity index (χ0) is 22.7. The third-order valence-electron chi connectivity index (χ3n) is 5.61. The summed E-state index contributed by atoms with van der Waals surface area (Å²) in [5.41, 5.74) is 1.80. The largest absolute Gasteiger partial charge is 0.444 e. The number of likely N-dealkylation sites (tertiary alicyclic amines) is 1. The third kappa shape index (κ3) is 5.38. The molecular weight excluding hydrogens is 422 g/mol. The molecule has 170 valence electrons. The lowest BCUT2D eigenvalue weighted by molar-refractivity contribution is -0.121. The molecule has 32 heavy (non-hydrogen) atoms. The summed E-state index contributed by atoms with van der Waals surface area (Å²) in [5.74, 6) is 0.0499. The van der Waals surface area contributed by atoms with Crippen LogP contribution in [0.15, 0.2) is 58.3 Å². The summed E-state index contributed by atoms with van der Waals surface area (Å²) in [6.45, 7) is 7.44. The SMILES string of the molecule is CC(C)(C)OC(=O)N1CCC(NC(=O)CCN2c3ccccc3Sc3ccccc32)CC1. The van der Waals surface area contributed by atoms with Gasteiger partial charge in [0.15, 0.2) is 0 Å². The molecule has 0 aromatic heterocycles. The molecule has 0 radical (unpaired) electrons. The molecule has 0 spiro atoms. The lowest BCUT2D eigenvalue weighted by atomic mass is 10.1. The standard InChI is InChI=1S/C25H31N3O3S/c1-25(2,3)31-24(30)27-15-12-18(13-16-27)26-23(29)14-17-28-19-8-4-6-10-21(19)32-22-11-7-5-9-20(22)28/h4-11,18H,12-17H2,1-3H3,(H,26,29). The van der Waals surface area contributed by atoms with E-state index in [4.69, 9.17) is 4.74 Å². The van der Waals surface area contributed by atoms with Gasteiger partial charge in [0.1, 0.15) is 5.60 Å². The quantitative estimate of drug-likeness (QED) is 0.690. The van der Waals surface area contributed by atoms with Crippen LogP contribution in [-0.2, 0) is 9.53 Å². The first kappa shape index (κ1) is 22.5. The molecule has 4 rings (SSSR count). The number of amides is 2. The van der Waals surface area contributed by atoms with E-state index < -0.39 is 5.60 Å². The predicted octanol–water partition coefficient (Wildman–Crippen LogP) is 5.20. The lowest BCUT2D eigenvalue weighted by Crippen LogP contribution is -2.48. The molecule has 0 aliphatic carbocycles. The number of nitrogens with zero attached hydrogens (tertiary/aromatic N) is 2. The van der Waals surface area contributed by atoms with Crippen LogP contribution < -0.4 is 10.2 Å². The highest BCUT2D eigenvalue weighted by Gasteiger charge is 2.28. The fourth-order valence-electron chi connectivity index (χ4n) is 4.07. The first-order valence-corrected chi connectivity index (χ1v) is 12.0. The molecular formula is C25H31N3O3S. The van der Waals surface area contributed by atoms with Crippen LogP contribution in [0, 0.1) is 0 Å². The minimum absolute atomic E-state index is 0.0499. The first-order chi connectivity index (χ1) is 15.3. The van der Waals surface area contributed by atoms with E-state index in [1.165, 1.54) is 9.79 Å². The molecule has 0 bridgehead atoms.